The topological polar surface area (TPSA) is 61.4 Å². The lowest BCUT2D eigenvalue weighted by molar-refractivity contribution is -0.125. The minimum atomic E-state index is -0.195. The van der Waals surface area contributed by atoms with Crippen LogP contribution in [0.5, 0.6) is 0 Å². The third-order valence-electron chi connectivity index (χ3n) is 4.98. The summed E-state index contributed by atoms with van der Waals surface area (Å²) >= 11 is 0. The molecule has 2 amide bonds. The molecule has 0 aliphatic carbocycles. The van der Waals surface area contributed by atoms with Gasteiger partial charge in [0, 0.05) is 6.54 Å². The second kappa shape index (κ2) is 9.85. The van der Waals surface area contributed by atoms with Crippen LogP contribution in [0.3, 0.4) is 0 Å². The van der Waals surface area contributed by atoms with E-state index in [1.165, 1.54) is 0 Å². The normalized spacial score (nSPS) is 12.0. The average Bonchev–Trinajstić information content (AvgIpc) is 2.73. The van der Waals surface area contributed by atoms with Crippen LogP contribution in [0.4, 0.5) is 0 Å². The van der Waals surface area contributed by atoms with Gasteiger partial charge < -0.3 is 15.5 Å². The van der Waals surface area contributed by atoms with Crippen molar-refractivity contribution in [1.29, 1.82) is 0 Å². The molecule has 5 heteroatoms. The van der Waals surface area contributed by atoms with E-state index in [2.05, 4.69) is 15.5 Å². The monoisotopic (exact) mass is 389 g/mol. The van der Waals surface area contributed by atoms with E-state index in [9.17, 15) is 9.59 Å². The number of carbonyl (C=O) groups excluding carboxylic acids is 2. The molecule has 0 spiro atoms. The lowest BCUT2D eigenvalue weighted by Crippen LogP contribution is -2.41. The van der Waals surface area contributed by atoms with Crippen molar-refractivity contribution in [2.45, 2.75) is 12.5 Å². The van der Waals surface area contributed by atoms with Crippen molar-refractivity contribution in [3.63, 3.8) is 0 Å². The zero-order valence-electron chi connectivity index (χ0n) is 16.9. The summed E-state index contributed by atoms with van der Waals surface area (Å²) in [6.45, 7) is 0.452. The first-order valence-electron chi connectivity index (χ1n) is 9.76. The lowest BCUT2D eigenvalue weighted by atomic mass is 10.0. The summed E-state index contributed by atoms with van der Waals surface area (Å²) in [6.07, 6.45) is 0.249. The van der Waals surface area contributed by atoms with Crippen LogP contribution in [0.25, 0.3) is 10.8 Å². The Hall–Kier alpha value is -3.18. The second-order valence-electron chi connectivity index (χ2n) is 7.29. The first-order valence-corrected chi connectivity index (χ1v) is 9.76. The first-order chi connectivity index (χ1) is 14.0. The fourth-order valence-corrected chi connectivity index (χ4v) is 3.41. The van der Waals surface area contributed by atoms with Gasteiger partial charge >= 0.3 is 0 Å². The Balaban J connectivity index is 1.50. The molecular formula is C24H27N3O2. The lowest BCUT2D eigenvalue weighted by Gasteiger charge is -2.25. The summed E-state index contributed by atoms with van der Waals surface area (Å²) in [5, 5.41) is 7.80. The maximum atomic E-state index is 12.3. The van der Waals surface area contributed by atoms with E-state index in [1.807, 2.05) is 86.9 Å². The van der Waals surface area contributed by atoms with Gasteiger partial charge in [0.1, 0.15) is 0 Å². The number of benzene rings is 3. The smallest absolute Gasteiger partial charge is 0.239 e. The fourth-order valence-electron chi connectivity index (χ4n) is 3.41. The summed E-state index contributed by atoms with van der Waals surface area (Å²) in [7, 11) is 3.96. The van der Waals surface area contributed by atoms with Crippen molar-refractivity contribution in [1.82, 2.24) is 15.5 Å². The maximum absolute atomic E-state index is 12.3. The highest BCUT2D eigenvalue weighted by molar-refractivity contribution is 5.91. The van der Waals surface area contributed by atoms with Crippen LogP contribution in [-0.2, 0) is 16.0 Å². The molecule has 5 nitrogen and oxygen atoms in total. The molecule has 0 unspecified atom stereocenters. The maximum Gasteiger partial charge on any atom is 0.239 e. The summed E-state index contributed by atoms with van der Waals surface area (Å²) in [5.41, 5.74) is 2.09. The van der Waals surface area contributed by atoms with Gasteiger partial charge in [-0.3, -0.25) is 9.59 Å². The molecule has 0 aliphatic rings. The molecule has 0 radical (unpaired) electrons. The quantitative estimate of drug-likeness (QED) is 0.623. The molecule has 29 heavy (non-hydrogen) atoms. The molecular weight excluding hydrogens is 362 g/mol. The minimum Gasteiger partial charge on any atom is -0.353 e. The highest BCUT2D eigenvalue weighted by Gasteiger charge is 2.15. The summed E-state index contributed by atoms with van der Waals surface area (Å²) in [4.78, 5) is 26.6. The summed E-state index contributed by atoms with van der Waals surface area (Å²) in [5.74, 6) is -0.359. The predicted octanol–water partition coefficient (Wildman–Crippen LogP) is 2.92. The molecule has 0 fully saturated rings. The predicted molar refractivity (Wildman–Crippen MR) is 117 cm³/mol. The molecule has 3 aromatic rings. The highest BCUT2D eigenvalue weighted by atomic mass is 16.2. The van der Waals surface area contributed by atoms with E-state index in [0.717, 1.165) is 21.9 Å². The number of rotatable bonds is 8. The zero-order chi connectivity index (χ0) is 20.6. The third kappa shape index (κ3) is 5.65. The molecule has 0 aliphatic heterocycles. The van der Waals surface area contributed by atoms with Crippen molar-refractivity contribution in [2.24, 2.45) is 0 Å². The van der Waals surface area contributed by atoms with Crippen LogP contribution < -0.4 is 10.6 Å². The van der Waals surface area contributed by atoms with E-state index in [4.69, 9.17) is 0 Å². The number of carbonyl (C=O) groups is 2. The molecule has 3 aromatic carbocycles. The van der Waals surface area contributed by atoms with Gasteiger partial charge in [-0.05, 0) is 36.0 Å². The van der Waals surface area contributed by atoms with Crippen molar-refractivity contribution < 1.29 is 9.59 Å². The van der Waals surface area contributed by atoms with Crippen LogP contribution >= 0.6 is 0 Å². The van der Waals surface area contributed by atoms with Gasteiger partial charge in [-0.1, -0.05) is 72.8 Å². The van der Waals surface area contributed by atoms with E-state index in [0.29, 0.717) is 6.54 Å². The molecule has 0 saturated carbocycles. The fraction of sp³-hybridized carbons (Fsp3) is 0.250. The van der Waals surface area contributed by atoms with Gasteiger partial charge in [0.05, 0.1) is 19.0 Å². The summed E-state index contributed by atoms with van der Waals surface area (Å²) in [6, 6.07) is 24.0. The molecule has 2 N–H and O–H groups in total. The van der Waals surface area contributed by atoms with E-state index >= 15 is 0 Å². The number of hydrogen-bond donors (Lipinski definition) is 2. The molecule has 1 atom stereocenters. The number of amides is 2. The number of hydrogen-bond acceptors (Lipinski definition) is 3. The van der Waals surface area contributed by atoms with Crippen molar-refractivity contribution >= 4 is 22.6 Å². The van der Waals surface area contributed by atoms with Gasteiger partial charge in [0.25, 0.3) is 0 Å². The standard InChI is InChI=1S/C24H27N3O2/c1-27(2)22(19-10-4-3-5-11-19)16-25-24(29)17-26-23(28)15-20-13-8-12-18-9-6-7-14-21(18)20/h3-14,22H,15-17H2,1-2H3,(H,25,29)(H,26,28)/t22-/m1/s1. The Morgan fingerprint density at radius 1 is 0.828 bits per heavy atom. The zero-order valence-corrected chi connectivity index (χ0v) is 16.9. The van der Waals surface area contributed by atoms with Gasteiger partial charge in [0.2, 0.25) is 11.8 Å². The Bertz CT molecular complexity index is 965. The van der Waals surface area contributed by atoms with Crippen LogP contribution in [0, 0.1) is 0 Å². The molecule has 3 rings (SSSR count). The van der Waals surface area contributed by atoms with E-state index in [1.54, 1.807) is 0 Å². The minimum absolute atomic E-state index is 0.0292. The van der Waals surface area contributed by atoms with Crippen molar-refractivity contribution in [3.05, 3.63) is 83.9 Å². The first kappa shape index (κ1) is 20.6. The number of nitrogens with zero attached hydrogens (tertiary/aromatic N) is 1. The van der Waals surface area contributed by atoms with Gasteiger partial charge in [0.15, 0.2) is 0 Å². The number of nitrogens with one attached hydrogen (secondary N) is 2. The molecule has 0 bridgehead atoms. The largest absolute Gasteiger partial charge is 0.353 e. The van der Waals surface area contributed by atoms with Crippen LogP contribution in [-0.4, -0.2) is 43.9 Å². The Kier molecular flexibility index (Phi) is 6.98. The Morgan fingerprint density at radius 3 is 2.28 bits per heavy atom. The van der Waals surface area contributed by atoms with Crippen LogP contribution in [0.1, 0.15) is 17.2 Å². The summed E-state index contributed by atoms with van der Waals surface area (Å²) < 4.78 is 0. The van der Waals surface area contributed by atoms with Crippen molar-refractivity contribution in [3.8, 4) is 0 Å². The molecule has 0 aromatic heterocycles. The third-order valence-corrected chi connectivity index (χ3v) is 4.98. The van der Waals surface area contributed by atoms with Crippen LogP contribution in [0.2, 0.25) is 0 Å². The number of likely N-dealkylation sites (N-methyl/N-ethyl adjacent to an activating group) is 1. The Morgan fingerprint density at radius 2 is 1.52 bits per heavy atom. The van der Waals surface area contributed by atoms with Gasteiger partial charge in [-0.25, -0.2) is 0 Å². The van der Waals surface area contributed by atoms with Gasteiger partial charge in [-0.15, -0.1) is 0 Å². The van der Waals surface area contributed by atoms with E-state index < -0.39 is 0 Å². The molecule has 0 saturated heterocycles. The van der Waals surface area contributed by atoms with Crippen molar-refractivity contribution in [2.75, 3.05) is 27.2 Å². The SMILES string of the molecule is CN(C)[C@H](CNC(=O)CNC(=O)Cc1cccc2ccccc12)c1ccccc1. The number of fused-ring (bicyclic) bond motifs is 1. The Labute approximate surface area is 171 Å². The molecule has 150 valence electrons. The molecule has 0 heterocycles. The average molecular weight is 389 g/mol. The van der Waals surface area contributed by atoms with Gasteiger partial charge in [-0.2, -0.15) is 0 Å². The van der Waals surface area contributed by atoms with E-state index in [-0.39, 0.29) is 30.8 Å². The second-order valence-corrected chi connectivity index (χ2v) is 7.29. The highest BCUT2D eigenvalue weighted by Crippen LogP contribution is 2.19. The van der Waals surface area contributed by atoms with Crippen LogP contribution in [0.15, 0.2) is 72.8 Å².